The van der Waals surface area contributed by atoms with Crippen LogP contribution < -0.4 is 5.32 Å². The average Bonchev–Trinajstić information content (AvgIpc) is 3.02. The van der Waals surface area contributed by atoms with Gasteiger partial charge in [0.05, 0.1) is 16.4 Å². The van der Waals surface area contributed by atoms with Gasteiger partial charge in [0.15, 0.2) is 5.84 Å². The Morgan fingerprint density at radius 3 is 2.96 bits per heavy atom. The molecular weight excluding hydrogens is 358 g/mol. The Labute approximate surface area is 164 Å². The summed E-state index contributed by atoms with van der Waals surface area (Å²) in [6.45, 7) is 5.85. The van der Waals surface area contributed by atoms with Gasteiger partial charge in [-0.25, -0.2) is 9.98 Å². The molecule has 1 atom stereocenters. The summed E-state index contributed by atoms with van der Waals surface area (Å²) >= 11 is 1.74. The van der Waals surface area contributed by atoms with Crippen molar-refractivity contribution in [2.24, 2.45) is 4.99 Å². The maximum atomic E-state index is 5.32. The Kier molecular flexibility index (Phi) is 5.43. The number of ether oxygens (including phenoxy) is 1. The number of para-hydroxylation sites is 2. The van der Waals surface area contributed by atoms with Crippen LogP contribution in [0.3, 0.4) is 0 Å². The van der Waals surface area contributed by atoms with Gasteiger partial charge < -0.3 is 15.0 Å². The molecule has 2 aliphatic rings. The zero-order valence-corrected chi connectivity index (χ0v) is 17.1. The number of hydrogen-bond donors (Lipinski definition) is 1. The molecule has 2 aliphatic heterocycles. The zero-order valence-electron chi connectivity index (χ0n) is 16.2. The lowest BCUT2D eigenvalue weighted by Crippen LogP contribution is -2.53. The van der Waals surface area contributed by atoms with Gasteiger partial charge >= 0.3 is 0 Å². The Balaban J connectivity index is 1.71. The first kappa shape index (κ1) is 18.4. The molecule has 0 saturated carbocycles. The van der Waals surface area contributed by atoms with Crippen molar-refractivity contribution in [2.45, 2.75) is 25.8 Å². The van der Waals surface area contributed by atoms with E-state index in [1.165, 1.54) is 0 Å². The molecule has 1 fully saturated rings. The maximum Gasteiger partial charge on any atom is 0.158 e. The summed E-state index contributed by atoms with van der Waals surface area (Å²) in [7, 11) is 3.97. The summed E-state index contributed by atoms with van der Waals surface area (Å²) in [5.74, 6) is 0.994. The summed E-state index contributed by atoms with van der Waals surface area (Å²) in [5, 5.41) is 5.81. The summed E-state index contributed by atoms with van der Waals surface area (Å²) in [6, 6.07) is 8.70. The molecule has 0 aliphatic carbocycles. The molecule has 7 heteroatoms. The normalized spacial score (nSPS) is 19.7. The minimum absolute atomic E-state index is 0.459. The quantitative estimate of drug-likeness (QED) is 0.873. The molecular formula is C20H27N5OS. The van der Waals surface area contributed by atoms with Gasteiger partial charge in [-0.15, -0.1) is 11.3 Å². The maximum absolute atomic E-state index is 5.32. The number of aliphatic imine (C=N–C) groups is 1. The highest BCUT2D eigenvalue weighted by Gasteiger charge is 2.30. The van der Waals surface area contributed by atoms with E-state index in [9.17, 15) is 0 Å². The van der Waals surface area contributed by atoms with Crippen molar-refractivity contribution in [3.8, 4) is 0 Å². The third-order valence-electron chi connectivity index (χ3n) is 5.30. The molecule has 3 heterocycles. The van der Waals surface area contributed by atoms with Crippen LogP contribution in [0.1, 0.15) is 24.0 Å². The summed E-state index contributed by atoms with van der Waals surface area (Å²) in [5.41, 5.74) is 3.01. The number of hydrogen-bond acceptors (Lipinski definition) is 7. The molecule has 1 unspecified atom stereocenters. The van der Waals surface area contributed by atoms with Gasteiger partial charge in [-0.2, -0.15) is 0 Å². The number of benzene rings is 1. The molecule has 1 N–H and O–H groups in total. The van der Waals surface area contributed by atoms with Crippen LogP contribution in [0, 0.1) is 0 Å². The van der Waals surface area contributed by atoms with Crippen molar-refractivity contribution in [3.63, 3.8) is 0 Å². The summed E-state index contributed by atoms with van der Waals surface area (Å²) in [6.07, 6.45) is 1.96. The largest absolute Gasteiger partial charge is 0.385 e. The molecule has 0 amide bonds. The second-order valence-electron chi connectivity index (χ2n) is 7.08. The van der Waals surface area contributed by atoms with E-state index < -0.39 is 0 Å². The fourth-order valence-electron chi connectivity index (χ4n) is 3.64. The number of nitrogens with one attached hydrogen (secondary N) is 1. The number of methoxy groups -OCH3 is 1. The van der Waals surface area contributed by atoms with Crippen LogP contribution in [-0.4, -0.2) is 67.1 Å². The van der Waals surface area contributed by atoms with Gasteiger partial charge in [-0.3, -0.25) is 4.90 Å². The molecule has 1 aromatic carbocycles. The number of aryl methyl sites for hydroxylation is 1. The smallest absolute Gasteiger partial charge is 0.158 e. The molecule has 0 spiro atoms. The highest BCUT2D eigenvalue weighted by Crippen LogP contribution is 2.38. The number of thiazole rings is 1. The van der Waals surface area contributed by atoms with E-state index in [2.05, 4.69) is 41.2 Å². The van der Waals surface area contributed by atoms with Crippen LogP contribution in [-0.2, 0) is 11.2 Å². The van der Waals surface area contributed by atoms with E-state index >= 15 is 0 Å². The van der Waals surface area contributed by atoms with Crippen LogP contribution >= 0.6 is 11.3 Å². The fourth-order valence-corrected chi connectivity index (χ4v) is 4.55. The predicted molar refractivity (Wildman–Crippen MR) is 112 cm³/mol. The van der Waals surface area contributed by atoms with Crippen molar-refractivity contribution < 1.29 is 4.74 Å². The first-order chi connectivity index (χ1) is 13.2. The number of likely N-dealkylation sites (N-methyl/N-ethyl adjacent to an activating group) is 1. The van der Waals surface area contributed by atoms with Gasteiger partial charge in [0.25, 0.3) is 0 Å². The highest BCUT2D eigenvalue weighted by atomic mass is 32.1. The van der Waals surface area contributed by atoms with E-state index in [1.807, 2.05) is 12.1 Å². The Bertz CT molecular complexity index is 834. The molecule has 27 heavy (non-hydrogen) atoms. The number of anilines is 2. The molecule has 0 bridgehead atoms. The Morgan fingerprint density at radius 1 is 1.30 bits per heavy atom. The van der Waals surface area contributed by atoms with Crippen LogP contribution in [0.5, 0.6) is 0 Å². The van der Waals surface area contributed by atoms with Gasteiger partial charge in [-0.05, 0) is 32.0 Å². The minimum atomic E-state index is 0.459. The van der Waals surface area contributed by atoms with E-state index in [0.717, 1.165) is 72.0 Å². The third-order valence-corrected chi connectivity index (χ3v) is 6.41. The predicted octanol–water partition coefficient (Wildman–Crippen LogP) is 3.49. The summed E-state index contributed by atoms with van der Waals surface area (Å²) < 4.78 is 5.32. The number of rotatable bonds is 4. The second-order valence-corrected chi connectivity index (χ2v) is 8.16. The molecule has 144 valence electrons. The number of aromatic nitrogens is 1. The van der Waals surface area contributed by atoms with Crippen molar-refractivity contribution in [1.29, 1.82) is 0 Å². The topological polar surface area (TPSA) is 53.0 Å². The SMILES string of the molecule is CCc1nc2c(s1)Nc1ccccc1N=C2N1CCN(C)C(CCOC)C1. The number of piperazine rings is 1. The van der Waals surface area contributed by atoms with Crippen molar-refractivity contribution >= 4 is 33.5 Å². The van der Waals surface area contributed by atoms with Gasteiger partial charge in [0, 0.05) is 39.4 Å². The molecule has 6 nitrogen and oxygen atoms in total. The van der Waals surface area contributed by atoms with Crippen LogP contribution in [0.25, 0.3) is 0 Å². The van der Waals surface area contributed by atoms with Crippen molar-refractivity contribution in [2.75, 3.05) is 45.7 Å². The van der Waals surface area contributed by atoms with Crippen LogP contribution in [0.2, 0.25) is 0 Å². The van der Waals surface area contributed by atoms with E-state index in [1.54, 1.807) is 18.4 Å². The third kappa shape index (κ3) is 3.72. The van der Waals surface area contributed by atoms with E-state index in [4.69, 9.17) is 14.7 Å². The molecule has 0 radical (unpaired) electrons. The lowest BCUT2D eigenvalue weighted by Gasteiger charge is -2.40. The summed E-state index contributed by atoms with van der Waals surface area (Å²) in [4.78, 5) is 14.8. The molecule has 2 aromatic rings. The highest BCUT2D eigenvalue weighted by molar-refractivity contribution is 7.16. The zero-order chi connectivity index (χ0) is 18.8. The average molecular weight is 386 g/mol. The van der Waals surface area contributed by atoms with Crippen molar-refractivity contribution in [3.05, 3.63) is 35.0 Å². The Hall–Kier alpha value is -1.96. The monoisotopic (exact) mass is 385 g/mol. The fraction of sp³-hybridized carbons (Fsp3) is 0.500. The molecule has 1 saturated heterocycles. The molecule has 1 aromatic heterocycles. The van der Waals surface area contributed by atoms with Crippen molar-refractivity contribution in [1.82, 2.24) is 14.8 Å². The number of amidine groups is 1. The van der Waals surface area contributed by atoms with Gasteiger partial charge in [0.1, 0.15) is 10.7 Å². The van der Waals surface area contributed by atoms with Gasteiger partial charge in [-0.1, -0.05) is 19.1 Å². The Morgan fingerprint density at radius 2 is 2.15 bits per heavy atom. The van der Waals surface area contributed by atoms with Gasteiger partial charge in [0.2, 0.25) is 0 Å². The van der Waals surface area contributed by atoms with E-state index in [-0.39, 0.29) is 0 Å². The first-order valence-corrected chi connectivity index (χ1v) is 10.4. The first-order valence-electron chi connectivity index (χ1n) is 9.58. The number of nitrogens with zero attached hydrogens (tertiary/aromatic N) is 4. The lowest BCUT2D eigenvalue weighted by molar-refractivity contribution is 0.100. The number of fused-ring (bicyclic) bond motifs is 2. The van der Waals surface area contributed by atoms with E-state index in [0.29, 0.717) is 6.04 Å². The minimum Gasteiger partial charge on any atom is -0.385 e. The standard InChI is InChI=1S/C20H27N5OS/c1-4-17-23-18-19(25-11-10-24(2)14(13-25)9-12-26-3)21-15-7-5-6-8-16(15)22-20(18)27-17/h5-8,14,22H,4,9-13H2,1-3H3. The van der Waals surface area contributed by atoms with Crippen LogP contribution in [0.4, 0.5) is 16.4 Å². The van der Waals surface area contributed by atoms with Crippen LogP contribution in [0.15, 0.2) is 29.3 Å². The molecule has 4 rings (SSSR count). The second kappa shape index (κ2) is 7.96. The lowest BCUT2D eigenvalue weighted by atomic mass is 10.1.